The maximum absolute atomic E-state index is 3.62. The van der Waals surface area contributed by atoms with Crippen LogP contribution in [0.1, 0.15) is 52.0 Å². The Labute approximate surface area is 132 Å². The van der Waals surface area contributed by atoms with E-state index in [2.05, 4.69) is 67.1 Å². The molecule has 0 radical (unpaired) electrons. The van der Waals surface area contributed by atoms with Gasteiger partial charge in [-0.25, -0.2) is 0 Å². The van der Waals surface area contributed by atoms with Crippen molar-refractivity contribution in [1.29, 1.82) is 0 Å². The van der Waals surface area contributed by atoms with Crippen LogP contribution in [0.4, 0.5) is 5.69 Å². The molecule has 2 heteroatoms. The van der Waals surface area contributed by atoms with E-state index >= 15 is 0 Å². The van der Waals surface area contributed by atoms with Gasteiger partial charge in [0.1, 0.15) is 0 Å². The number of halogens is 1. The Kier molecular flexibility index (Phi) is 5.17. The van der Waals surface area contributed by atoms with Crippen molar-refractivity contribution in [3.63, 3.8) is 0 Å². The summed E-state index contributed by atoms with van der Waals surface area (Å²) in [6.45, 7) is 10.4. The first kappa shape index (κ1) is 15.9. The fourth-order valence-corrected chi connectivity index (χ4v) is 3.50. The summed E-state index contributed by atoms with van der Waals surface area (Å²) in [7, 11) is 0. The largest absolute Gasteiger partial charge is 0.385 e. The Hall–Kier alpha value is -0.500. The molecule has 0 spiro atoms. The topological polar surface area (TPSA) is 12.0 Å². The molecular weight excluding hydrogens is 310 g/mol. The quantitative estimate of drug-likeness (QED) is 0.710. The van der Waals surface area contributed by atoms with Gasteiger partial charge < -0.3 is 5.32 Å². The molecule has 1 saturated carbocycles. The number of hydrogen-bond donors (Lipinski definition) is 1. The van der Waals surface area contributed by atoms with Gasteiger partial charge in [-0.3, -0.25) is 0 Å². The van der Waals surface area contributed by atoms with Gasteiger partial charge in [-0.1, -0.05) is 36.7 Å². The molecule has 0 unspecified atom stereocenters. The van der Waals surface area contributed by atoms with E-state index < -0.39 is 0 Å². The van der Waals surface area contributed by atoms with E-state index in [0.717, 1.165) is 18.4 Å². The maximum Gasteiger partial charge on any atom is 0.0343 e. The highest BCUT2D eigenvalue weighted by Crippen LogP contribution is 2.39. The van der Waals surface area contributed by atoms with Crippen LogP contribution < -0.4 is 5.32 Å². The van der Waals surface area contributed by atoms with E-state index in [1.165, 1.54) is 41.4 Å². The van der Waals surface area contributed by atoms with Crippen LogP contribution in [0.15, 0.2) is 22.7 Å². The standard InChI is InChI=1S/C18H28BrN/c1-13-11-16(9-10-17(13)19)20-12-14-5-7-15(8-6-14)18(2,3)4/h9-11,14-15,20H,5-8,12H2,1-4H3. The van der Waals surface area contributed by atoms with Gasteiger partial charge >= 0.3 is 0 Å². The van der Waals surface area contributed by atoms with Gasteiger partial charge in [0, 0.05) is 16.7 Å². The van der Waals surface area contributed by atoms with E-state index in [1.54, 1.807) is 0 Å². The van der Waals surface area contributed by atoms with Crippen LogP contribution in [0.3, 0.4) is 0 Å². The second-order valence-corrected chi connectivity index (χ2v) is 8.28. The third-order valence-electron chi connectivity index (χ3n) is 4.82. The summed E-state index contributed by atoms with van der Waals surface area (Å²) in [5.41, 5.74) is 3.04. The highest BCUT2D eigenvalue weighted by atomic mass is 79.9. The number of nitrogens with one attached hydrogen (secondary N) is 1. The van der Waals surface area contributed by atoms with Crippen LogP contribution in [0, 0.1) is 24.2 Å². The van der Waals surface area contributed by atoms with E-state index in [1.807, 2.05) is 0 Å². The molecule has 1 aromatic carbocycles. The number of aryl methyl sites for hydroxylation is 1. The molecule has 1 aliphatic carbocycles. The van der Waals surface area contributed by atoms with Gasteiger partial charge in [-0.15, -0.1) is 0 Å². The Bertz CT molecular complexity index is 439. The fourth-order valence-electron chi connectivity index (χ4n) is 3.25. The fraction of sp³-hybridized carbons (Fsp3) is 0.667. The summed E-state index contributed by atoms with van der Waals surface area (Å²) in [5, 5.41) is 3.62. The zero-order valence-electron chi connectivity index (χ0n) is 13.3. The molecule has 0 aliphatic heterocycles. The third-order valence-corrected chi connectivity index (χ3v) is 5.71. The maximum atomic E-state index is 3.62. The molecular formula is C18H28BrN. The summed E-state index contributed by atoms with van der Waals surface area (Å²) < 4.78 is 1.19. The molecule has 1 fully saturated rings. The summed E-state index contributed by atoms with van der Waals surface area (Å²) in [6.07, 6.45) is 5.55. The van der Waals surface area contributed by atoms with Gasteiger partial charge in [-0.2, -0.15) is 0 Å². The first-order valence-corrected chi connectivity index (χ1v) is 8.65. The molecule has 1 aromatic rings. The highest BCUT2D eigenvalue weighted by molar-refractivity contribution is 9.10. The molecule has 1 nitrogen and oxygen atoms in total. The molecule has 0 amide bonds. The molecule has 112 valence electrons. The Morgan fingerprint density at radius 2 is 1.80 bits per heavy atom. The number of anilines is 1. The van der Waals surface area contributed by atoms with Gasteiger partial charge in [0.15, 0.2) is 0 Å². The Balaban J connectivity index is 1.80. The van der Waals surface area contributed by atoms with Crippen LogP contribution in [0.5, 0.6) is 0 Å². The lowest BCUT2D eigenvalue weighted by Crippen LogP contribution is -2.28. The SMILES string of the molecule is Cc1cc(NCC2CCC(C(C)(C)C)CC2)ccc1Br. The Morgan fingerprint density at radius 1 is 1.15 bits per heavy atom. The van der Waals surface area contributed by atoms with Crippen molar-refractivity contribution in [2.45, 2.75) is 53.4 Å². The van der Waals surface area contributed by atoms with Crippen molar-refractivity contribution < 1.29 is 0 Å². The first-order valence-electron chi connectivity index (χ1n) is 7.86. The summed E-state index contributed by atoms with van der Waals surface area (Å²) >= 11 is 3.55. The van der Waals surface area contributed by atoms with E-state index in [9.17, 15) is 0 Å². The molecule has 1 aliphatic rings. The molecule has 0 atom stereocenters. The smallest absolute Gasteiger partial charge is 0.0343 e. The summed E-state index contributed by atoms with van der Waals surface area (Å²) in [6, 6.07) is 6.52. The number of hydrogen-bond acceptors (Lipinski definition) is 1. The lowest BCUT2D eigenvalue weighted by Gasteiger charge is -2.37. The minimum absolute atomic E-state index is 0.487. The predicted molar refractivity (Wildman–Crippen MR) is 92.3 cm³/mol. The summed E-state index contributed by atoms with van der Waals surface area (Å²) in [5.74, 6) is 1.76. The lowest BCUT2D eigenvalue weighted by molar-refractivity contribution is 0.153. The number of rotatable bonds is 3. The third kappa shape index (κ3) is 4.25. The van der Waals surface area contributed by atoms with E-state index in [4.69, 9.17) is 0 Å². The highest BCUT2D eigenvalue weighted by Gasteiger charge is 2.29. The van der Waals surface area contributed by atoms with E-state index in [-0.39, 0.29) is 0 Å². The molecule has 0 bridgehead atoms. The lowest BCUT2D eigenvalue weighted by atomic mass is 9.70. The van der Waals surface area contributed by atoms with E-state index in [0.29, 0.717) is 5.41 Å². The second-order valence-electron chi connectivity index (χ2n) is 7.43. The van der Waals surface area contributed by atoms with Gasteiger partial charge in [0.25, 0.3) is 0 Å². The van der Waals surface area contributed by atoms with Crippen LogP contribution in [0.25, 0.3) is 0 Å². The summed E-state index contributed by atoms with van der Waals surface area (Å²) in [4.78, 5) is 0. The van der Waals surface area contributed by atoms with Crippen LogP contribution in [0.2, 0.25) is 0 Å². The second kappa shape index (κ2) is 6.51. The molecule has 20 heavy (non-hydrogen) atoms. The zero-order chi connectivity index (χ0) is 14.8. The average Bonchev–Trinajstić information content (AvgIpc) is 2.40. The van der Waals surface area contributed by atoms with Crippen molar-refractivity contribution in [3.8, 4) is 0 Å². The Morgan fingerprint density at radius 3 is 2.35 bits per heavy atom. The first-order chi connectivity index (χ1) is 9.36. The van der Waals surface area contributed by atoms with Crippen molar-refractivity contribution >= 4 is 21.6 Å². The predicted octanol–water partition coefficient (Wildman–Crippen LogP) is 6.02. The van der Waals surface area contributed by atoms with Crippen molar-refractivity contribution in [3.05, 3.63) is 28.2 Å². The molecule has 0 heterocycles. The van der Waals surface area contributed by atoms with Gasteiger partial charge in [-0.05, 0) is 73.6 Å². The number of benzene rings is 1. The normalized spacial score (nSPS) is 23.6. The van der Waals surface area contributed by atoms with Gasteiger partial charge in [0.2, 0.25) is 0 Å². The zero-order valence-corrected chi connectivity index (χ0v) is 14.9. The van der Waals surface area contributed by atoms with Crippen LogP contribution in [-0.4, -0.2) is 6.54 Å². The monoisotopic (exact) mass is 337 g/mol. The molecule has 0 saturated heterocycles. The molecule has 2 rings (SSSR count). The average molecular weight is 338 g/mol. The molecule has 1 N–H and O–H groups in total. The van der Waals surface area contributed by atoms with Gasteiger partial charge in [0.05, 0.1) is 0 Å². The van der Waals surface area contributed by atoms with Crippen LogP contribution >= 0.6 is 15.9 Å². The minimum atomic E-state index is 0.487. The van der Waals surface area contributed by atoms with Crippen LogP contribution in [-0.2, 0) is 0 Å². The molecule has 0 aromatic heterocycles. The van der Waals surface area contributed by atoms with Crippen molar-refractivity contribution in [2.75, 3.05) is 11.9 Å². The van der Waals surface area contributed by atoms with Crippen molar-refractivity contribution in [1.82, 2.24) is 0 Å². The van der Waals surface area contributed by atoms with Crippen molar-refractivity contribution in [2.24, 2.45) is 17.3 Å². The minimum Gasteiger partial charge on any atom is -0.385 e.